The number of carboxylic acid groups (broad SMARTS) is 1. The average molecular weight is 343 g/mol. The van der Waals surface area contributed by atoms with Gasteiger partial charge in [0.25, 0.3) is 0 Å². The Morgan fingerprint density at radius 1 is 1.28 bits per heavy atom. The van der Waals surface area contributed by atoms with Crippen LogP contribution in [0, 0.1) is 5.92 Å². The van der Waals surface area contributed by atoms with Crippen molar-refractivity contribution in [2.75, 3.05) is 26.9 Å². The lowest BCUT2D eigenvalue weighted by molar-refractivity contribution is 0.0490. The third kappa shape index (κ3) is 4.09. The van der Waals surface area contributed by atoms with Gasteiger partial charge in [-0.25, -0.2) is 9.78 Å². The lowest BCUT2D eigenvalue weighted by atomic mass is 10.0. The van der Waals surface area contributed by atoms with Crippen LogP contribution in [0.3, 0.4) is 0 Å². The monoisotopic (exact) mass is 343 g/mol. The van der Waals surface area contributed by atoms with Crippen LogP contribution in [0.5, 0.6) is 11.6 Å². The van der Waals surface area contributed by atoms with Crippen molar-refractivity contribution in [2.24, 2.45) is 5.92 Å². The zero-order valence-corrected chi connectivity index (χ0v) is 14.1. The summed E-state index contributed by atoms with van der Waals surface area (Å²) in [5.41, 5.74) is 1.34. The average Bonchev–Trinajstić information content (AvgIpc) is 2.66. The Hall–Kier alpha value is -2.60. The molecular weight excluding hydrogens is 322 g/mol. The summed E-state index contributed by atoms with van der Waals surface area (Å²) in [6.45, 7) is 2.06. The molecule has 0 spiro atoms. The van der Waals surface area contributed by atoms with Crippen LogP contribution in [0.2, 0.25) is 0 Å². The quantitative estimate of drug-likeness (QED) is 0.867. The normalized spacial score (nSPS) is 14.9. The summed E-state index contributed by atoms with van der Waals surface area (Å²) in [5, 5.41) is 9.48. The fourth-order valence-corrected chi connectivity index (χ4v) is 2.89. The zero-order valence-electron chi connectivity index (χ0n) is 14.1. The lowest BCUT2D eigenvalue weighted by Crippen LogP contribution is -2.21. The van der Waals surface area contributed by atoms with Crippen molar-refractivity contribution >= 4 is 5.97 Å². The van der Waals surface area contributed by atoms with Gasteiger partial charge in [0.2, 0.25) is 5.88 Å². The third-order valence-corrected chi connectivity index (χ3v) is 4.31. The summed E-state index contributed by atoms with van der Waals surface area (Å²) in [7, 11) is 1.56. The van der Waals surface area contributed by atoms with Crippen molar-refractivity contribution in [2.45, 2.75) is 12.8 Å². The summed E-state index contributed by atoms with van der Waals surface area (Å²) in [6, 6.07) is 8.96. The first-order valence-electron chi connectivity index (χ1n) is 8.26. The lowest BCUT2D eigenvalue weighted by Gasteiger charge is -2.22. The molecule has 0 saturated carbocycles. The number of pyridine rings is 1. The van der Waals surface area contributed by atoms with Crippen LogP contribution in [-0.4, -0.2) is 43.0 Å². The van der Waals surface area contributed by atoms with Crippen molar-refractivity contribution in [3.8, 4) is 22.8 Å². The van der Waals surface area contributed by atoms with Gasteiger partial charge in [-0.05, 0) is 24.8 Å². The van der Waals surface area contributed by atoms with Gasteiger partial charge >= 0.3 is 5.97 Å². The van der Waals surface area contributed by atoms with Gasteiger partial charge in [0.15, 0.2) is 0 Å². The molecule has 0 aliphatic carbocycles. The molecule has 6 nitrogen and oxygen atoms in total. The number of rotatable bonds is 6. The first-order valence-corrected chi connectivity index (χ1v) is 8.26. The van der Waals surface area contributed by atoms with E-state index in [1.807, 2.05) is 18.2 Å². The van der Waals surface area contributed by atoms with E-state index in [-0.39, 0.29) is 5.56 Å². The fourth-order valence-electron chi connectivity index (χ4n) is 2.89. The van der Waals surface area contributed by atoms with Gasteiger partial charge < -0.3 is 19.3 Å². The van der Waals surface area contributed by atoms with Gasteiger partial charge in [-0.1, -0.05) is 18.2 Å². The first-order chi connectivity index (χ1) is 12.2. The maximum absolute atomic E-state index is 11.6. The van der Waals surface area contributed by atoms with Crippen LogP contribution in [0.1, 0.15) is 23.2 Å². The molecule has 6 heteroatoms. The number of aromatic carboxylic acids is 1. The van der Waals surface area contributed by atoms with Crippen molar-refractivity contribution in [3.05, 3.63) is 42.1 Å². The van der Waals surface area contributed by atoms with Crippen LogP contribution in [0.4, 0.5) is 0 Å². The van der Waals surface area contributed by atoms with E-state index < -0.39 is 5.97 Å². The number of aromatic nitrogens is 1. The summed E-state index contributed by atoms with van der Waals surface area (Å²) in [5.74, 6) is 0.415. The molecule has 0 bridgehead atoms. The second kappa shape index (κ2) is 7.98. The Bertz CT molecular complexity index is 740. The van der Waals surface area contributed by atoms with E-state index in [9.17, 15) is 9.90 Å². The predicted molar refractivity (Wildman–Crippen MR) is 92.2 cm³/mol. The number of nitrogens with zero attached hydrogens (tertiary/aromatic N) is 1. The molecule has 2 aromatic rings. The number of hydrogen-bond acceptors (Lipinski definition) is 5. The van der Waals surface area contributed by atoms with Crippen LogP contribution >= 0.6 is 0 Å². The number of ether oxygens (including phenoxy) is 3. The highest BCUT2D eigenvalue weighted by molar-refractivity contribution is 5.96. The minimum Gasteiger partial charge on any atom is -0.496 e. The third-order valence-electron chi connectivity index (χ3n) is 4.31. The summed E-state index contributed by atoms with van der Waals surface area (Å²) in [6.07, 6.45) is 3.27. The molecule has 2 heterocycles. The zero-order chi connectivity index (χ0) is 17.6. The van der Waals surface area contributed by atoms with E-state index >= 15 is 0 Å². The molecule has 1 aromatic heterocycles. The Kier molecular flexibility index (Phi) is 5.50. The van der Waals surface area contributed by atoms with Crippen molar-refractivity contribution in [3.63, 3.8) is 0 Å². The predicted octanol–water partition coefficient (Wildman–Crippen LogP) is 3.26. The smallest absolute Gasteiger partial charge is 0.337 e. The summed E-state index contributed by atoms with van der Waals surface area (Å²) >= 11 is 0. The maximum atomic E-state index is 11.6. The van der Waals surface area contributed by atoms with Crippen LogP contribution in [0.25, 0.3) is 11.1 Å². The highest BCUT2D eigenvalue weighted by atomic mass is 16.5. The Labute approximate surface area is 146 Å². The van der Waals surface area contributed by atoms with E-state index in [4.69, 9.17) is 14.2 Å². The van der Waals surface area contributed by atoms with Gasteiger partial charge in [-0.2, -0.15) is 0 Å². The van der Waals surface area contributed by atoms with Crippen LogP contribution in [-0.2, 0) is 4.74 Å². The van der Waals surface area contributed by atoms with Crippen molar-refractivity contribution < 1.29 is 24.1 Å². The highest BCUT2D eigenvalue weighted by Gasteiger charge is 2.19. The molecule has 0 amide bonds. The second-order valence-corrected chi connectivity index (χ2v) is 5.94. The fraction of sp³-hybridized carbons (Fsp3) is 0.368. The molecule has 1 aromatic carbocycles. The molecule has 1 fully saturated rings. The van der Waals surface area contributed by atoms with E-state index in [0.29, 0.717) is 35.3 Å². The van der Waals surface area contributed by atoms with Gasteiger partial charge in [-0.3, -0.25) is 0 Å². The standard InChI is InChI=1S/C19H21NO5/c1-23-17-5-3-2-4-14(17)15-10-18(20-11-16(15)19(21)22)25-12-13-6-8-24-9-7-13/h2-5,10-11,13H,6-9,12H2,1H3,(H,21,22). The first kappa shape index (κ1) is 17.2. The van der Waals surface area contributed by atoms with Crippen LogP contribution < -0.4 is 9.47 Å². The topological polar surface area (TPSA) is 77.9 Å². The molecule has 25 heavy (non-hydrogen) atoms. The number of para-hydroxylation sites is 1. The van der Waals surface area contributed by atoms with E-state index in [1.165, 1.54) is 6.20 Å². The molecule has 0 atom stereocenters. The molecule has 132 valence electrons. The second-order valence-electron chi connectivity index (χ2n) is 5.94. The van der Waals surface area contributed by atoms with Gasteiger partial charge in [0, 0.05) is 36.6 Å². The Morgan fingerprint density at radius 3 is 2.76 bits per heavy atom. The SMILES string of the molecule is COc1ccccc1-c1cc(OCC2CCOCC2)ncc1C(=O)O. The minimum absolute atomic E-state index is 0.114. The van der Waals surface area contributed by atoms with Crippen molar-refractivity contribution in [1.29, 1.82) is 0 Å². The Morgan fingerprint density at radius 2 is 2.04 bits per heavy atom. The molecule has 1 N–H and O–H groups in total. The minimum atomic E-state index is -1.04. The molecule has 1 aliphatic rings. The van der Waals surface area contributed by atoms with Gasteiger partial charge in [-0.15, -0.1) is 0 Å². The molecule has 1 saturated heterocycles. The van der Waals surface area contributed by atoms with Gasteiger partial charge in [0.1, 0.15) is 5.75 Å². The summed E-state index contributed by atoms with van der Waals surface area (Å²) < 4.78 is 16.5. The molecule has 0 unspecified atom stereocenters. The maximum Gasteiger partial charge on any atom is 0.337 e. The summed E-state index contributed by atoms with van der Waals surface area (Å²) in [4.78, 5) is 15.7. The number of carbonyl (C=O) groups is 1. The molecular formula is C19H21NO5. The largest absolute Gasteiger partial charge is 0.496 e. The van der Waals surface area contributed by atoms with Crippen LogP contribution in [0.15, 0.2) is 36.5 Å². The number of benzene rings is 1. The van der Waals surface area contributed by atoms with E-state index in [0.717, 1.165) is 26.1 Å². The van der Waals surface area contributed by atoms with E-state index in [2.05, 4.69) is 4.98 Å². The molecule has 1 aliphatic heterocycles. The number of methoxy groups -OCH3 is 1. The highest BCUT2D eigenvalue weighted by Crippen LogP contribution is 2.34. The van der Waals surface area contributed by atoms with Crippen molar-refractivity contribution in [1.82, 2.24) is 4.98 Å². The number of hydrogen-bond donors (Lipinski definition) is 1. The number of carboxylic acids is 1. The van der Waals surface area contributed by atoms with E-state index in [1.54, 1.807) is 19.2 Å². The van der Waals surface area contributed by atoms with Gasteiger partial charge in [0.05, 0.1) is 19.3 Å². The molecule has 3 rings (SSSR count). The molecule has 0 radical (unpaired) electrons. The Balaban J connectivity index is 1.88.